The van der Waals surface area contributed by atoms with Crippen LogP contribution in [-0.2, 0) is 0 Å². The number of aliphatic hydroxyl groups is 1. The van der Waals surface area contributed by atoms with Crippen LogP contribution in [0.3, 0.4) is 0 Å². The van der Waals surface area contributed by atoms with E-state index in [-0.39, 0.29) is 6.10 Å². The molecule has 0 amide bonds. The molecule has 2 unspecified atom stereocenters. The molecule has 1 N–H and O–H groups in total. The average molecular weight is 248 g/mol. The Morgan fingerprint density at radius 1 is 0.889 bits per heavy atom. The molecule has 1 aromatic rings. The van der Waals surface area contributed by atoms with Crippen LogP contribution in [-0.4, -0.2) is 5.11 Å². The molecule has 0 aliphatic heterocycles. The second kappa shape index (κ2) is 6.38. The summed E-state index contributed by atoms with van der Waals surface area (Å²) in [5, 5.41) is 10.4. The van der Waals surface area contributed by atoms with E-state index in [4.69, 9.17) is 0 Å². The third-order valence-electron chi connectivity index (χ3n) is 3.74. The second-order valence-electron chi connectivity index (χ2n) is 6.28. The van der Waals surface area contributed by atoms with Crippen LogP contribution in [0.4, 0.5) is 0 Å². The van der Waals surface area contributed by atoms with Gasteiger partial charge in [-0.15, -0.1) is 0 Å². The first-order valence-electron chi connectivity index (χ1n) is 7.07. The van der Waals surface area contributed by atoms with Crippen molar-refractivity contribution in [3.8, 4) is 0 Å². The van der Waals surface area contributed by atoms with Crippen molar-refractivity contribution in [3.63, 3.8) is 0 Å². The van der Waals surface area contributed by atoms with Crippen molar-refractivity contribution in [3.05, 3.63) is 34.4 Å². The van der Waals surface area contributed by atoms with Crippen LogP contribution < -0.4 is 0 Å². The van der Waals surface area contributed by atoms with Gasteiger partial charge in [-0.2, -0.15) is 0 Å². The molecule has 0 aromatic heterocycles. The topological polar surface area (TPSA) is 20.2 Å². The van der Waals surface area contributed by atoms with Crippen molar-refractivity contribution >= 4 is 0 Å². The first kappa shape index (κ1) is 15.2. The van der Waals surface area contributed by atoms with Crippen LogP contribution >= 0.6 is 0 Å². The summed E-state index contributed by atoms with van der Waals surface area (Å²) in [4.78, 5) is 0. The van der Waals surface area contributed by atoms with Gasteiger partial charge in [0, 0.05) is 0 Å². The third kappa shape index (κ3) is 4.13. The van der Waals surface area contributed by atoms with E-state index in [2.05, 4.69) is 53.7 Å². The first-order valence-corrected chi connectivity index (χ1v) is 7.07. The van der Waals surface area contributed by atoms with Crippen LogP contribution in [0.2, 0.25) is 0 Å². The standard InChI is InChI=1S/C17H28O/c1-11(2)7-12(3)8-17(18)16-10-14(5)13(4)9-15(16)6/h9-12,17-18H,7-8H2,1-6H3. The Labute approximate surface area is 112 Å². The Kier molecular flexibility index (Phi) is 5.40. The van der Waals surface area contributed by atoms with Crippen LogP contribution in [0.25, 0.3) is 0 Å². The molecule has 0 aliphatic rings. The molecule has 0 radical (unpaired) electrons. The maximum Gasteiger partial charge on any atom is 0.0795 e. The van der Waals surface area contributed by atoms with Crippen molar-refractivity contribution in [2.45, 2.75) is 60.5 Å². The van der Waals surface area contributed by atoms with Crippen molar-refractivity contribution < 1.29 is 5.11 Å². The molecule has 18 heavy (non-hydrogen) atoms. The summed E-state index contributed by atoms with van der Waals surface area (Å²) < 4.78 is 0. The lowest BCUT2D eigenvalue weighted by Crippen LogP contribution is -2.08. The van der Waals surface area contributed by atoms with E-state index in [0.29, 0.717) is 11.8 Å². The Morgan fingerprint density at radius 2 is 1.44 bits per heavy atom. The maximum absolute atomic E-state index is 10.4. The van der Waals surface area contributed by atoms with E-state index in [9.17, 15) is 5.11 Å². The maximum atomic E-state index is 10.4. The second-order valence-corrected chi connectivity index (χ2v) is 6.28. The molecular weight excluding hydrogens is 220 g/mol. The molecule has 0 saturated carbocycles. The Balaban J connectivity index is 2.78. The monoisotopic (exact) mass is 248 g/mol. The van der Waals surface area contributed by atoms with Crippen molar-refractivity contribution in [1.82, 2.24) is 0 Å². The van der Waals surface area contributed by atoms with Crippen LogP contribution in [0.15, 0.2) is 12.1 Å². The number of hydrogen-bond donors (Lipinski definition) is 1. The fourth-order valence-electron chi connectivity index (χ4n) is 2.75. The molecule has 102 valence electrons. The summed E-state index contributed by atoms with van der Waals surface area (Å²) in [6.45, 7) is 13.1. The van der Waals surface area contributed by atoms with Crippen molar-refractivity contribution in [1.29, 1.82) is 0 Å². The number of hydrogen-bond acceptors (Lipinski definition) is 1. The highest BCUT2D eigenvalue weighted by Gasteiger charge is 2.16. The van der Waals surface area contributed by atoms with E-state index in [1.165, 1.54) is 23.1 Å². The fraction of sp³-hybridized carbons (Fsp3) is 0.647. The zero-order valence-electron chi connectivity index (χ0n) is 12.7. The molecule has 0 heterocycles. The molecule has 0 bridgehead atoms. The highest BCUT2D eigenvalue weighted by atomic mass is 16.3. The Bertz CT molecular complexity index is 393. The summed E-state index contributed by atoms with van der Waals surface area (Å²) in [6, 6.07) is 4.33. The number of rotatable bonds is 5. The molecule has 1 nitrogen and oxygen atoms in total. The fourth-order valence-corrected chi connectivity index (χ4v) is 2.75. The highest BCUT2D eigenvalue weighted by molar-refractivity contribution is 5.37. The number of aryl methyl sites for hydroxylation is 3. The molecular formula is C17H28O. The van der Waals surface area contributed by atoms with Gasteiger partial charge in [-0.3, -0.25) is 0 Å². The van der Waals surface area contributed by atoms with Gasteiger partial charge in [0.05, 0.1) is 6.10 Å². The van der Waals surface area contributed by atoms with Gasteiger partial charge in [0.25, 0.3) is 0 Å². The zero-order valence-corrected chi connectivity index (χ0v) is 12.7. The third-order valence-corrected chi connectivity index (χ3v) is 3.74. The van der Waals surface area contributed by atoms with Gasteiger partial charge >= 0.3 is 0 Å². The normalized spacial score (nSPS) is 14.9. The van der Waals surface area contributed by atoms with Crippen LogP contribution in [0.5, 0.6) is 0 Å². The predicted octanol–water partition coefficient (Wildman–Crippen LogP) is 4.72. The molecule has 0 spiro atoms. The van der Waals surface area contributed by atoms with Gasteiger partial charge in [-0.05, 0) is 67.7 Å². The molecule has 1 heteroatoms. The predicted molar refractivity (Wildman–Crippen MR) is 78.8 cm³/mol. The summed E-state index contributed by atoms with van der Waals surface area (Å²) >= 11 is 0. The summed E-state index contributed by atoms with van der Waals surface area (Å²) in [5.41, 5.74) is 4.89. The molecule has 1 rings (SSSR count). The highest BCUT2D eigenvalue weighted by Crippen LogP contribution is 2.28. The molecule has 2 atom stereocenters. The van der Waals surface area contributed by atoms with Crippen LogP contribution in [0.1, 0.15) is 62.0 Å². The van der Waals surface area contributed by atoms with Gasteiger partial charge < -0.3 is 5.11 Å². The summed E-state index contributed by atoms with van der Waals surface area (Å²) in [5.74, 6) is 1.27. The van der Waals surface area contributed by atoms with Gasteiger partial charge in [-0.25, -0.2) is 0 Å². The zero-order chi connectivity index (χ0) is 13.9. The van der Waals surface area contributed by atoms with Crippen molar-refractivity contribution in [2.24, 2.45) is 11.8 Å². The largest absolute Gasteiger partial charge is 0.388 e. The number of benzene rings is 1. The summed E-state index contributed by atoms with van der Waals surface area (Å²) in [6.07, 6.45) is 1.72. The van der Waals surface area contributed by atoms with Gasteiger partial charge in [0.1, 0.15) is 0 Å². The number of aliphatic hydroxyl groups excluding tert-OH is 1. The average Bonchev–Trinajstić information content (AvgIpc) is 2.21. The Hall–Kier alpha value is -0.820. The van der Waals surface area contributed by atoms with E-state index in [0.717, 1.165) is 12.0 Å². The van der Waals surface area contributed by atoms with E-state index in [1.807, 2.05) is 0 Å². The SMILES string of the molecule is Cc1cc(C)c(C(O)CC(C)CC(C)C)cc1C. The summed E-state index contributed by atoms with van der Waals surface area (Å²) in [7, 11) is 0. The van der Waals surface area contributed by atoms with Gasteiger partial charge in [-0.1, -0.05) is 32.9 Å². The molecule has 0 fully saturated rings. The minimum absolute atomic E-state index is 0.321. The minimum Gasteiger partial charge on any atom is -0.388 e. The first-order chi connectivity index (χ1) is 8.31. The van der Waals surface area contributed by atoms with Crippen LogP contribution in [0, 0.1) is 32.6 Å². The minimum atomic E-state index is -0.321. The lowest BCUT2D eigenvalue weighted by molar-refractivity contribution is 0.141. The van der Waals surface area contributed by atoms with E-state index < -0.39 is 0 Å². The molecule has 0 saturated heterocycles. The molecule has 1 aromatic carbocycles. The smallest absolute Gasteiger partial charge is 0.0795 e. The van der Waals surface area contributed by atoms with E-state index >= 15 is 0 Å². The van der Waals surface area contributed by atoms with Crippen molar-refractivity contribution in [2.75, 3.05) is 0 Å². The van der Waals surface area contributed by atoms with E-state index in [1.54, 1.807) is 0 Å². The Morgan fingerprint density at radius 3 is 2.00 bits per heavy atom. The van der Waals surface area contributed by atoms with Gasteiger partial charge in [0.15, 0.2) is 0 Å². The quantitative estimate of drug-likeness (QED) is 0.799. The lowest BCUT2D eigenvalue weighted by Gasteiger charge is -2.20. The lowest BCUT2D eigenvalue weighted by atomic mass is 9.89. The van der Waals surface area contributed by atoms with Gasteiger partial charge in [0.2, 0.25) is 0 Å². The molecule has 0 aliphatic carbocycles.